The lowest BCUT2D eigenvalue weighted by Crippen LogP contribution is -2.30. The molecule has 2 heterocycles. The molecular formula is C10H11ClN2O3. The van der Waals surface area contributed by atoms with Gasteiger partial charge in [0.15, 0.2) is 0 Å². The second-order valence-corrected chi connectivity index (χ2v) is 4.14. The number of aliphatic hydroxyl groups is 2. The van der Waals surface area contributed by atoms with Crippen LogP contribution < -0.4 is 0 Å². The molecule has 2 N–H and O–H groups in total. The number of nitrogens with zero attached hydrogens (tertiary/aromatic N) is 2. The molecule has 1 aliphatic heterocycles. The molecule has 0 aliphatic carbocycles. The maximum atomic E-state index is 11.8. The zero-order chi connectivity index (χ0) is 11.7. The largest absolute Gasteiger partial charge is 0.388 e. The second-order valence-electron chi connectivity index (χ2n) is 3.71. The third kappa shape index (κ3) is 2.16. The highest BCUT2D eigenvalue weighted by Gasteiger charge is 2.33. The number of carbonyl (C=O) groups is 1. The number of hydrogen-bond acceptors (Lipinski definition) is 4. The summed E-state index contributed by atoms with van der Waals surface area (Å²) < 4.78 is 0. The van der Waals surface area contributed by atoms with Gasteiger partial charge in [0.2, 0.25) is 0 Å². The van der Waals surface area contributed by atoms with Crippen molar-refractivity contribution in [1.29, 1.82) is 0 Å². The van der Waals surface area contributed by atoms with E-state index in [1.807, 2.05) is 0 Å². The summed E-state index contributed by atoms with van der Waals surface area (Å²) >= 11 is 5.65. The Morgan fingerprint density at radius 2 is 2.00 bits per heavy atom. The molecule has 1 saturated heterocycles. The monoisotopic (exact) mass is 242 g/mol. The van der Waals surface area contributed by atoms with Crippen LogP contribution in [0.2, 0.25) is 5.02 Å². The van der Waals surface area contributed by atoms with Crippen molar-refractivity contribution >= 4 is 17.5 Å². The SMILES string of the molecule is O=C(c1ccc(Cl)cn1)N1CC(O)C(O)C1. The quantitative estimate of drug-likeness (QED) is 0.722. The lowest BCUT2D eigenvalue weighted by atomic mass is 10.3. The average Bonchev–Trinajstić information content (AvgIpc) is 2.59. The molecule has 2 atom stereocenters. The Kier molecular flexibility index (Phi) is 3.09. The minimum atomic E-state index is -0.878. The van der Waals surface area contributed by atoms with Crippen LogP contribution in [0.25, 0.3) is 0 Å². The molecule has 86 valence electrons. The molecule has 6 heteroatoms. The van der Waals surface area contributed by atoms with Gasteiger partial charge < -0.3 is 15.1 Å². The molecule has 0 aromatic carbocycles. The fourth-order valence-corrected chi connectivity index (χ4v) is 1.71. The van der Waals surface area contributed by atoms with Crippen LogP contribution in [0.4, 0.5) is 0 Å². The fourth-order valence-electron chi connectivity index (χ4n) is 1.60. The smallest absolute Gasteiger partial charge is 0.272 e. The molecule has 0 bridgehead atoms. The molecule has 0 radical (unpaired) electrons. The summed E-state index contributed by atoms with van der Waals surface area (Å²) in [5.74, 6) is -0.313. The van der Waals surface area contributed by atoms with Gasteiger partial charge in [0.25, 0.3) is 5.91 Å². The number of rotatable bonds is 1. The van der Waals surface area contributed by atoms with E-state index < -0.39 is 12.2 Å². The molecule has 1 aromatic rings. The number of aliphatic hydroxyl groups excluding tert-OH is 2. The van der Waals surface area contributed by atoms with Crippen molar-refractivity contribution in [3.8, 4) is 0 Å². The first-order valence-electron chi connectivity index (χ1n) is 4.85. The average molecular weight is 243 g/mol. The number of likely N-dealkylation sites (tertiary alicyclic amines) is 1. The molecule has 5 nitrogen and oxygen atoms in total. The third-order valence-electron chi connectivity index (χ3n) is 2.49. The van der Waals surface area contributed by atoms with Crippen LogP contribution in [-0.4, -0.2) is 51.3 Å². The van der Waals surface area contributed by atoms with Gasteiger partial charge >= 0.3 is 0 Å². The predicted octanol–water partition coefficient (Wildman–Crippen LogP) is -0.0874. The van der Waals surface area contributed by atoms with Crippen molar-refractivity contribution in [2.24, 2.45) is 0 Å². The van der Waals surface area contributed by atoms with Gasteiger partial charge in [-0.1, -0.05) is 11.6 Å². The van der Waals surface area contributed by atoms with Crippen LogP contribution in [0.15, 0.2) is 18.3 Å². The maximum absolute atomic E-state index is 11.8. The molecule has 0 saturated carbocycles. The number of β-amino-alcohol motifs (C(OH)–C–C–N with tert-alkyl or cyclic N) is 2. The second kappa shape index (κ2) is 4.37. The van der Waals surface area contributed by atoms with Gasteiger partial charge in [0, 0.05) is 19.3 Å². The Hall–Kier alpha value is -1.17. The van der Waals surface area contributed by atoms with E-state index in [0.29, 0.717) is 5.02 Å². The van der Waals surface area contributed by atoms with E-state index in [9.17, 15) is 15.0 Å². The summed E-state index contributed by atoms with van der Waals surface area (Å²) in [7, 11) is 0. The number of pyridine rings is 1. The Balaban J connectivity index is 2.11. The van der Waals surface area contributed by atoms with Gasteiger partial charge in [-0.15, -0.1) is 0 Å². The molecular weight excluding hydrogens is 232 g/mol. The first-order chi connectivity index (χ1) is 7.58. The minimum Gasteiger partial charge on any atom is -0.388 e. The molecule has 1 aromatic heterocycles. The highest BCUT2D eigenvalue weighted by atomic mass is 35.5. The predicted molar refractivity (Wildman–Crippen MR) is 57.2 cm³/mol. The van der Waals surface area contributed by atoms with E-state index in [1.165, 1.54) is 17.2 Å². The van der Waals surface area contributed by atoms with Gasteiger partial charge in [-0.25, -0.2) is 4.98 Å². The summed E-state index contributed by atoms with van der Waals surface area (Å²) in [5, 5.41) is 19.1. The number of carbonyl (C=O) groups excluding carboxylic acids is 1. The first-order valence-corrected chi connectivity index (χ1v) is 5.22. The molecule has 1 amide bonds. The molecule has 1 fully saturated rings. The van der Waals surface area contributed by atoms with Gasteiger partial charge in [0.05, 0.1) is 17.2 Å². The molecule has 2 rings (SSSR count). The normalized spacial score (nSPS) is 24.8. The van der Waals surface area contributed by atoms with Crippen molar-refractivity contribution in [1.82, 2.24) is 9.88 Å². The van der Waals surface area contributed by atoms with E-state index in [2.05, 4.69) is 4.98 Å². The molecule has 2 unspecified atom stereocenters. The first kappa shape index (κ1) is 11.3. The van der Waals surface area contributed by atoms with E-state index in [1.54, 1.807) is 6.07 Å². The van der Waals surface area contributed by atoms with Crippen molar-refractivity contribution < 1.29 is 15.0 Å². The van der Waals surface area contributed by atoms with E-state index in [4.69, 9.17) is 11.6 Å². The molecule has 16 heavy (non-hydrogen) atoms. The minimum absolute atomic E-state index is 0.129. The summed E-state index contributed by atoms with van der Waals surface area (Å²) in [6.07, 6.45) is -0.370. The topological polar surface area (TPSA) is 73.7 Å². The van der Waals surface area contributed by atoms with Crippen LogP contribution in [0.3, 0.4) is 0 Å². The van der Waals surface area contributed by atoms with Gasteiger partial charge in [-0.3, -0.25) is 4.79 Å². The van der Waals surface area contributed by atoms with Gasteiger partial charge in [0.1, 0.15) is 5.69 Å². The molecule has 0 spiro atoms. The lowest BCUT2D eigenvalue weighted by Gasteiger charge is -2.14. The Labute approximate surface area is 97.3 Å². The summed E-state index contributed by atoms with van der Waals surface area (Å²) in [6, 6.07) is 3.09. The zero-order valence-corrected chi connectivity index (χ0v) is 9.13. The Bertz CT molecular complexity index is 386. The fraction of sp³-hybridized carbons (Fsp3) is 0.400. The number of amides is 1. The zero-order valence-electron chi connectivity index (χ0n) is 8.38. The summed E-state index contributed by atoms with van der Waals surface area (Å²) in [4.78, 5) is 17.1. The Morgan fingerprint density at radius 1 is 1.38 bits per heavy atom. The standard InChI is InChI=1S/C10H11ClN2O3/c11-6-1-2-7(12-3-6)10(16)13-4-8(14)9(15)5-13/h1-3,8-9,14-15H,4-5H2. The third-order valence-corrected chi connectivity index (χ3v) is 2.72. The maximum Gasteiger partial charge on any atom is 0.272 e. The van der Waals surface area contributed by atoms with Crippen LogP contribution in [0.5, 0.6) is 0 Å². The van der Waals surface area contributed by atoms with Crippen LogP contribution in [-0.2, 0) is 0 Å². The van der Waals surface area contributed by atoms with Crippen molar-refractivity contribution in [2.45, 2.75) is 12.2 Å². The van der Waals surface area contributed by atoms with Crippen LogP contribution in [0, 0.1) is 0 Å². The lowest BCUT2D eigenvalue weighted by molar-refractivity contribution is 0.0572. The van der Waals surface area contributed by atoms with Crippen molar-refractivity contribution in [3.05, 3.63) is 29.0 Å². The highest BCUT2D eigenvalue weighted by molar-refractivity contribution is 6.30. The molecule has 1 aliphatic rings. The van der Waals surface area contributed by atoms with Crippen molar-refractivity contribution in [2.75, 3.05) is 13.1 Å². The highest BCUT2D eigenvalue weighted by Crippen LogP contribution is 2.14. The number of halogens is 1. The summed E-state index contributed by atoms with van der Waals surface area (Å²) in [5.41, 5.74) is 0.255. The van der Waals surface area contributed by atoms with Crippen LogP contribution in [0.1, 0.15) is 10.5 Å². The number of aromatic nitrogens is 1. The number of hydrogen-bond donors (Lipinski definition) is 2. The summed E-state index contributed by atoms with van der Waals surface area (Å²) in [6.45, 7) is 0.259. The Morgan fingerprint density at radius 3 is 2.50 bits per heavy atom. The van der Waals surface area contributed by atoms with Gasteiger partial charge in [-0.2, -0.15) is 0 Å². The van der Waals surface area contributed by atoms with E-state index in [-0.39, 0.29) is 24.7 Å². The van der Waals surface area contributed by atoms with Crippen LogP contribution >= 0.6 is 11.6 Å². The van der Waals surface area contributed by atoms with Gasteiger partial charge in [-0.05, 0) is 12.1 Å². The van der Waals surface area contributed by atoms with Crippen molar-refractivity contribution in [3.63, 3.8) is 0 Å². The van der Waals surface area contributed by atoms with E-state index >= 15 is 0 Å². The van der Waals surface area contributed by atoms with E-state index in [0.717, 1.165) is 0 Å².